The van der Waals surface area contributed by atoms with Gasteiger partial charge in [-0.3, -0.25) is 4.28 Å². The van der Waals surface area contributed by atoms with Crippen molar-refractivity contribution in [1.29, 1.82) is 0 Å². The molecule has 0 radical (unpaired) electrons. The van der Waals surface area contributed by atoms with Crippen LogP contribution in [0.15, 0.2) is 29.4 Å². The van der Waals surface area contributed by atoms with Crippen molar-refractivity contribution in [3.05, 3.63) is 29.8 Å². The van der Waals surface area contributed by atoms with Gasteiger partial charge in [0.05, 0.1) is 6.61 Å². The molecule has 1 aliphatic heterocycles. The number of ether oxygens (including phenoxy) is 1. The number of aliphatic hydroxyl groups excluding tert-OH is 4. The summed E-state index contributed by atoms with van der Waals surface area (Å²) in [5.41, 5.74) is -0.690. The van der Waals surface area contributed by atoms with Crippen molar-refractivity contribution in [3.8, 4) is 5.75 Å². The first kappa shape index (κ1) is 26.2. The Kier molecular flexibility index (Phi) is 10.8. The fourth-order valence-electron chi connectivity index (χ4n) is 2.27. The molecule has 1 fully saturated rings. The summed E-state index contributed by atoms with van der Waals surface area (Å²) in [5.74, 6) is -0.00258. The second kappa shape index (κ2) is 11.5. The van der Waals surface area contributed by atoms with Crippen LogP contribution in [-0.2, 0) is 25.8 Å². The zero-order valence-corrected chi connectivity index (χ0v) is 19.4. The summed E-state index contributed by atoms with van der Waals surface area (Å²) >= 11 is 0.643. The van der Waals surface area contributed by atoms with Crippen molar-refractivity contribution in [2.45, 2.75) is 36.3 Å². The van der Waals surface area contributed by atoms with Crippen LogP contribution in [-0.4, -0.2) is 80.0 Å². The number of oxime groups is 1. The van der Waals surface area contributed by atoms with Gasteiger partial charge in [-0.1, -0.05) is 29.1 Å². The average Bonchev–Trinajstić information content (AvgIpc) is 2.61. The number of thioether (sulfide) groups is 1. The molecule has 1 heterocycles. The summed E-state index contributed by atoms with van der Waals surface area (Å²) in [7, 11) is -5.13. The van der Waals surface area contributed by atoms with Gasteiger partial charge >= 0.3 is 51.4 Å². The largest absolute Gasteiger partial charge is 1.00 e. The first-order chi connectivity index (χ1) is 12.6. The molecule has 14 heteroatoms. The Hall–Kier alpha value is 0.186. The minimum atomic E-state index is -5.13. The Balaban J connectivity index is 0.00000392. The van der Waals surface area contributed by atoms with Crippen LogP contribution >= 0.6 is 11.8 Å². The average molecular weight is 464 g/mol. The quantitative estimate of drug-likeness (QED) is 0.0680. The second-order valence-electron chi connectivity index (χ2n) is 5.63. The van der Waals surface area contributed by atoms with Gasteiger partial charge in [-0.2, -0.15) is 8.42 Å². The molecule has 11 nitrogen and oxygen atoms in total. The Morgan fingerprint density at radius 3 is 2.32 bits per heavy atom. The van der Waals surface area contributed by atoms with Crippen LogP contribution in [0, 0.1) is 0 Å². The van der Waals surface area contributed by atoms with Crippen LogP contribution in [0.5, 0.6) is 5.75 Å². The van der Waals surface area contributed by atoms with Gasteiger partial charge in [0.2, 0.25) is 0 Å². The number of nitrogens with zero attached hydrogens (tertiary/aromatic N) is 1. The number of aliphatic hydroxyl groups is 4. The van der Waals surface area contributed by atoms with E-state index in [1.165, 1.54) is 24.3 Å². The molecule has 0 bridgehead atoms. The van der Waals surface area contributed by atoms with Crippen LogP contribution in [0.4, 0.5) is 0 Å². The van der Waals surface area contributed by atoms with Crippen molar-refractivity contribution in [2.24, 2.45) is 5.16 Å². The van der Waals surface area contributed by atoms with Crippen LogP contribution in [0.3, 0.4) is 0 Å². The predicted octanol–water partition coefficient (Wildman–Crippen LogP) is -4.74. The first-order valence-electron chi connectivity index (χ1n) is 7.57. The van der Waals surface area contributed by atoms with Crippen LogP contribution in [0.2, 0.25) is 0 Å². The number of hydrogen-bond acceptors (Lipinski definition) is 12. The number of phenols is 1. The summed E-state index contributed by atoms with van der Waals surface area (Å²) in [6.45, 7) is -0.641. The molecule has 1 aliphatic rings. The maximum atomic E-state index is 10.7. The molecule has 1 saturated heterocycles. The molecule has 0 aromatic heterocycles. The van der Waals surface area contributed by atoms with E-state index in [9.17, 15) is 38.5 Å². The molecule has 0 amide bonds. The van der Waals surface area contributed by atoms with Crippen molar-refractivity contribution >= 4 is 27.2 Å². The van der Waals surface area contributed by atoms with E-state index in [0.717, 1.165) is 0 Å². The Morgan fingerprint density at radius 1 is 1.18 bits per heavy atom. The van der Waals surface area contributed by atoms with Gasteiger partial charge in [-0.15, -0.1) is 0 Å². The molecule has 0 unspecified atom stereocenters. The molecule has 0 spiro atoms. The molecule has 1 aromatic carbocycles. The van der Waals surface area contributed by atoms with Gasteiger partial charge in [0.25, 0.3) is 10.4 Å². The minimum absolute atomic E-state index is 0. The molecule has 5 atom stereocenters. The molecule has 5 N–H and O–H groups in total. The number of phenolic OH excluding ortho intramolecular Hbond substituents is 1. The van der Waals surface area contributed by atoms with Crippen molar-refractivity contribution in [3.63, 3.8) is 0 Å². The smallest absolute Gasteiger partial charge is 0.714 e. The molecule has 28 heavy (non-hydrogen) atoms. The summed E-state index contributed by atoms with van der Waals surface area (Å²) in [6, 6.07) is 5.75. The summed E-state index contributed by atoms with van der Waals surface area (Å²) < 4.78 is 41.2. The Morgan fingerprint density at radius 2 is 1.79 bits per heavy atom. The third-order valence-corrected chi connectivity index (χ3v) is 4.99. The standard InChI is InChI=1S/C14H19NO10S2.K/c16-6-9-11(18)12(19)13(20)14(24-9)26-10(15-25-27(21,22)23)5-7-1-3-8(17)4-2-7;/h1-4,9,11-14,16-20H,5-6H2,(H,21,22,23);/q;+1/p-1/t9-,11-,12+,13-,14+;/m1./s1. The minimum Gasteiger partial charge on any atom is -0.714 e. The van der Waals surface area contributed by atoms with Crippen molar-refractivity contribution < 1.29 is 98.9 Å². The number of hydrogen-bond donors (Lipinski definition) is 5. The molecule has 0 aliphatic carbocycles. The van der Waals surface area contributed by atoms with Crippen LogP contribution in [0.1, 0.15) is 5.56 Å². The van der Waals surface area contributed by atoms with E-state index in [1.54, 1.807) is 0 Å². The van der Waals surface area contributed by atoms with Gasteiger partial charge < -0.3 is 34.8 Å². The molecular formula is C14H18KNO10S2. The topological polar surface area (TPSA) is 189 Å². The van der Waals surface area contributed by atoms with E-state index < -0.39 is 46.9 Å². The summed E-state index contributed by atoms with van der Waals surface area (Å²) in [5, 5.41) is 51.3. The summed E-state index contributed by atoms with van der Waals surface area (Å²) in [6.07, 6.45) is -6.01. The monoisotopic (exact) mass is 463 g/mol. The van der Waals surface area contributed by atoms with Gasteiger partial charge in [0.15, 0.2) is 0 Å². The van der Waals surface area contributed by atoms with Gasteiger partial charge in [-0.05, 0) is 17.7 Å². The molecule has 152 valence electrons. The van der Waals surface area contributed by atoms with Gasteiger partial charge in [-0.25, -0.2) is 0 Å². The number of rotatable bonds is 6. The van der Waals surface area contributed by atoms with Crippen LogP contribution < -0.4 is 51.4 Å². The van der Waals surface area contributed by atoms with Crippen molar-refractivity contribution in [2.75, 3.05) is 6.61 Å². The maximum absolute atomic E-state index is 10.7. The van der Waals surface area contributed by atoms with E-state index >= 15 is 0 Å². The normalized spacial score (nSPS) is 28.5. The van der Waals surface area contributed by atoms with E-state index in [-0.39, 0.29) is 68.6 Å². The Bertz CT molecular complexity index is 758. The van der Waals surface area contributed by atoms with Crippen LogP contribution in [0.25, 0.3) is 0 Å². The SMILES string of the molecule is O=S(=O)([O-])ON=C(Cc1ccc(O)cc1)S[C@@H]1O[C@H](CO)[C@@H](O)[C@H](O)[C@H]1O.[K+]. The number of benzene rings is 1. The van der Waals surface area contributed by atoms with E-state index in [1.807, 2.05) is 0 Å². The molecule has 1 aromatic rings. The molecule has 0 saturated carbocycles. The zero-order chi connectivity index (χ0) is 20.2. The molecule has 2 rings (SSSR count). The third-order valence-electron chi connectivity index (χ3n) is 3.62. The molecular weight excluding hydrogens is 445 g/mol. The van der Waals surface area contributed by atoms with Gasteiger partial charge in [0, 0.05) is 6.42 Å². The van der Waals surface area contributed by atoms with E-state index in [0.29, 0.717) is 17.3 Å². The maximum Gasteiger partial charge on any atom is 1.00 e. The number of aromatic hydroxyl groups is 1. The fourth-order valence-corrected chi connectivity index (χ4v) is 3.60. The zero-order valence-electron chi connectivity index (χ0n) is 14.7. The van der Waals surface area contributed by atoms with E-state index in [2.05, 4.69) is 9.44 Å². The van der Waals surface area contributed by atoms with Crippen molar-refractivity contribution in [1.82, 2.24) is 0 Å². The fraction of sp³-hybridized carbons (Fsp3) is 0.500. The Labute approximate surface area is 207 Å². The van der Waals surface area contributed by atoms with Gasteiger partial charge in [0.1, 0.15) is 40.6 Å². The first-order valence-corrected chi connectivity index (χ1v) is 9.78. The predicted molar refractivity (Wildman–Crippen MR) is 91.4 cm³/mol. The van der Waals surface area contributed by atoms with E-state index in [4.69, 9.17) is 4.74 Å². The summed E-state index contributed by atoms with van der Waals surface area (Å²) in [4.78, 5) is 0. The second-order valence-corrected chi connectivity index (χ2v) is 7.76. The third kappa shape index (κ3) is 7.79.